The molecule has 1 aliphatic rings. The van der Waals surface area contributed by atoms with E-state index in [1.165, 1.54) is 7.11 Å². The Labute approximate surface area is 238 Å². The molecule has 0 bridgehead atoms. The first kappa shape index (κ1) is 27.8. The summed E-state index contributed by atoms with van der Waals surface area (Å²) in [5.74, 6) is 1.18. The third-order valence-electron chi connectivity index (χ3n) is 6.87. The third kappa shape index (κ3) is 5.75. The van der Waals surface area contributed by atoms with Crippen LogP contribution in [0.15, 0.2) is 76.3 Å². The monoisotopic (exact) mass is 556 g/mol. The quantitative estimate of drug-likeness (QED) is 0.116. The van der Waals surface area contributed by atoms with E-state index in [0.717, 1.165) is 36.1 Å². The van der Waals surface area contributed by atoms with Crippen molar-refractivity contribution >= 4 is 34.2 Å². The second kappa shape index (κ2) is 12.6. The summed E-state index contributed by atoms with van der Waals surface area (Å²) in [6.45, 7) is 3.09. The highest BCUT2D eigenvalue weighted by atomic mass is 16.6. The molecular weight excluding hydrogens is 524 g/mol. The maximum absolute atomic E-state index is 13.0. The van der Waals surface area contributed by atoms with Crippen LogP contribution in [0.25, 0.3) is 22.3 Å². The van der Waals surface area contributed by atoms with Crippen molar-refractivity contribution < 1.29 is 33.1 Å². The minimum absolute atomic E-state index is 0.149. The molecule has 3 aromatic carbocycles. The van der Waals surface area contributed by atoms with E-state index in [9.17, 15) is 9.59 Å². The second-order valence-corrected chi connectivity index (χ2v) is 9.42. The maximum Gasteiger partial charge on any atom is 0.342 e. The molecule has 0 radical (unpaired) electrons. The van der Waals surface area contributed by atoms with Gasteiger partial charge in [-0.25, -0.2) is 4.79 Å². The molecule has 4 aromatic rings. The molecule has 0 N–H and O–H groups in total. The van der Waals surface area contributed by atoms with Gasteiger partial charge in [0.25, 0.3) is 5.91 Å². The van der Waals surface area contributed by atoms with Crippen molar-refractivity contribution in [3.63, 3.8) is 0 Å². The lowest BCUT2D eigenvalue weighted by molar-refractivity contribution is -0.112. The molecule has 0 spiro atoms. The number of unbranched alkanes of at least 4 members (excludes halogenated alkanes) is 2. The highest BCUT2D eigenvalue weighted by Gasteiger charge is 2.33. The number of amides is 1. The molecule has 5 rings (SSSR count). The smallest absolute Gasteiger partial charge is 0.342 e. The van der Waals surface area contributed by atoms with Crippen molar-refractivity contribution in [3.8, 4) is 22.8 Å². The first-order valence-electron chi connectivity index (χ1n) is 13.6. The van der Waals surface area contributed by atoms with Gasteiger partial charge in [0.05, 0.1) is 26.0 Å². The fraction of sp³-hybridized carbons (Fsp3) is 0.281. The number of anilines is 1. The Balaban J connectivity index is 1.22. The van der Waals surface area contributed by atoms with Crippen molar-refractivity contribution in [1.82, 2.24) is 0 Å². The summed E-state index contributed by atoms with van der Waals surface area (Å²) >= 11 is 0. The van der Waals surface area contributed by atoms with Crippen LogP contribution < -0.4 is 14.4 Å². The molecule has 1 aliphatic heterocycles. The molecule has 0 atom stereocenters. The minimum Gasteiger partial charge on any atom is -0.497 e. The number of hydrogen-bond donors (Lipinski definition) is 0. The average molecular weight is 557 g/mol. The number of fused-ring (bicyclic) bond motifs is 2. The molecule has 41 heavy (non-hydrogen) atoms. The van der Waals surface area contributed by atoms with Gasteiger partial charge in [0.15, 0.2) is 5.71 Å². The number of carbonyl (C=O) groups is 2. The number of para-hydroxylation sites is 1. The van der Waals surface area contributed by atoms with Crippen LogP contribution in [0.5, 0.6) is 11.5 Å². The number of rotatable bonds is 12. The number of hydrogen-bond acceptors (Lipinski definition) is 8. The zero-order chi connectivity index (χ0) is 28.8. The van der Waals surface area contributed by atoms with Gasteiger partial charge < -0.3 is 28.4 Å². The highest BCUT2D eigenvalue weighted by Crippen LogP contribution is 2.37. The maximum atomic E-state index is 13.0. The van der Waals surface area contributed by atoms with E-state index < -0.39 is 5.97 Å². The van der Waals surface area contributed by atoms with E-state index in [-0.39, 0.29) is 12.5 Å². The Kier molecular flexibility index (Phi) is 8.53. The van der Waals surface area contributed by atoms with E-state index >= 15 is 0 Å². The van der Waals surface area contributed by atoms with E-state index in [4.69, 9.17) is 23.5 Å². The minimum atomic E-state index is -0.453. The fourth-order valence-electron chi connectivity index (χ4n) is 4.92. The van der Waals surface area contributed by atoms with Crippen molar-refractivity contribution in [2.75, 3.05) is 38.9 Å². The molecule has 2 heterocycles. The van der Waals surface area contributed by atoms with Crippen molar-refractivity contribution in [1.29, 1.82) is 0 Å². The Bertz CT molecular complexity index is 1570. The van der Waals surface area contributed by atoms with Gasteiger partial charge >= 0.3 is 5.97 Å². The molecule has 0 saturated heterocycles. The lowest BCUT2D eigenvalue weighted by Gasteiger charge is -2.16. The SMILES string of the molecule is CCOC(=O)c1c(-c2ccc(OC)cc2)oc2ccc(OCCCCCN3C(=O)/C(=N/OC)c4ccccc43)cc12. The predicted molar refractivity (Wildman–Crippen MR) is 156 cm³/mol. The van der Waals surface area contributed by atoms with E-state index in [1.54, 1.807) is 25.0 Å². The molecule has 0 aliphatic carbocycles. The molecule has 9 heteroatoms. The molecule has 1 aromatic heterocycles. The zero-order valence-corrected chi connectivity index (χ0v) is 23.3. The van der Waals surface area contributed by atoms with E-state index in [0.29, 0.717) is 52.7 Å². The predicted octanol–water partition coefficient (Wildman–Crippen LogP) is 6.23. The fourth-order valence-corrected chi connectivity index (χ4v) is 4.92. The summed E-state index contributed by atoms with van der Waals surface area (Å²) < 4.78 is 22.7. The summed E-state index contributed by atoms with van der Waals surface area (Å²) in [5.41, 5.74) is 3.65. The van der Waals surface area contributed by atoms with Crippen LogP contribution in [-0.2, 0) is 14.4 Å². The van der Waals surface area contributed by atoms with Crippen molar-refractivity contribution in [2.24, 2.45) is 5.16 Å². The van der Waals surface area contributed by atoms with Crippen LogP contribution in [0.4, 0.5) is 5.69 Å². The summed E-state index contributed by atoms with van der Waals surface area (Å²) in [6, 6.07) is 20.4. The number of furan rings is 1. The van der Waals surface area contributed by atoms with Crippen LogP contribution in [0.1, 0.15) is 42.1 Å². The lowest BCUT2D eigenvalue weighted by Crippen LogP contribution is -2.31. The number of oxime groups is 1. The molecule has 212 valence electrons. The van der Waals surface area contributed by atoms with Gasteiger partial charge in [-0.1, -0.05) is 23.4 Å². The van der Waals surface area contributed by atoms with Gasteiger partial charge in [-0.15, -0.1) is 0 Å². The third-order valence-corrected chi connectivity index (χ3v) is 6.87. The van der Waals surface area contributed by atoms with Crippen molar-refractivity contribution in [3.05, 3.63) is 77.9 Å². The molecule has 0 saturated carbocycles. The lowest BCUT2D eigenvalue weighted by atomic mass is 10.1. The normalized spacial score (nSPS) is 13.5. The first-order chi connectivity index (χ1) is 20.0. The van der Waals surface area contributed by atoms with Crippen LogP contribution in [0.3, 0.4) is 0 Å². The number of esters is 1. The topological polar surface area (TPSA) is 99.8 Å². The standard InChI is InChI=1S/C32H32N2O7/c1-4-39-32(36)28-25-20-23(16-17-27(25)41-30(28)21-12-14-22(37-2)15-13-21)40-19-9-5-8-18-34-26-11-7-6-10-24(26)29(31(34)35)33-38-3/h6-7,10-17,20H,4-5,8-9,18-19H2,1-3H3/b33-29+. The zero-order valence-electron chi connectivity index (χ0n) is 23.3. The first-order valence-corrected chi connectivity index (χ1v) is 13.6. The van der Waals surface area contributed by atoms with Gasteiger partial charge in [0, 0.05) is 23.1 Å². The van der Waals surface area contributed by atoms with Crippen molar-refractivity contribution in [2.45, 2.75) is 26.2 Å². The largest absolute Gasteiger partial charge is 0.497 e. The van der Waals surface area contributed by atoms with Crippen LogP contribution in [0.2, 0.25) is 0 Å². The Hall–Kier alpha value is -4.79. The number of benzene rings is 3. The van der Waals surface area contributed by atoms with E-state index in [1.807, 2.05) is 60.7 Å². The van der Waals surface area contributed by atoms with Gasteiger partial charge in [-0.3, -0.25) is 4.79 Å². The Morgan fingerprint density at radius 2 is 1.73 bits per heavy atom. The average Bonchev–Trinajstić information content (AvgIpc) is 3.50. The highest BCUT2D eigenvalue weighted by molar-refractivity contribution is 6.54. The van der Waals surface area contributed by atoms with Gasteiger partial charge in [-0.05, 0) is 74.7 Å². The Morgan fingerprint density at radius 3 is 2.49 bits per heavy atom. The van der Waals surface area contributed by atoms with Gasteiger partial charge in [-0.2, -0.15) is 0 Å². The molecular formula is C32H32N2O7. The van der Waals surface area contributed by atoms with Gasteiger partial charge in [0.1, 0.15) is 35.5 Å². The number of nitrogens with zero attached hydrogens (tertiary/aromatic N) is 2. The summed E-state index contributed by atoms with van der Waals surface area (Å²) in [4.78, 5) is 32.4. The summed E-state index contributed by atoms with van der Waals surface area (Å²) in [7, 11) is 3.04. The molecule has 0 unspecified atom stereocenters. The summed E-state index contributed by atoms with van der Waals surface area (Å²) in [5, 5.41) is 4.56. The molecule has 9 nitrogen and oxygen atoms in total. The van der Waals surface area contributed by atoms with Crippen LogP contribution in [-0.4, -0.2) is 51.6 Å². The number of methoxy groups -OCH3 is 1. The second-order valence-electron chi connectivity index (χ2n) is 9.42. The molecule has 0 fully saturated rings. The summed E-state index contributed by atoms with van der Waals surface area (Å²) in [6.07, 6.45) is 2.48. The number of carbonyl (C=O) groups excluding carboxylic acids is 2. The van der Waals surface area contributed by atoms with Gasteiger partial charge in [0.2, 0.25) is 0 Å². The van der Waals surface area contributed by atoms with Crippen LogP contribution in [0, 0.1) is 0 Å². The Morgan fingerprint density at radius 1 is 0.951 bits per heavy atom. The number of ether oxygens (including phenoxy) is 3. The molecule has 1 amide bonds. The van der Waals surface area contributed by atoms with E-state index in [2.05, 4.69) is 5.16 Å². The van der Waals surface area contributed by atoms with Crippen LogP contribution >= 0.6 is 0 Å².